The summed E-state index contributed by atoms with van der Waals surface area (Å²) in [6, 6.07) is -0.257. The van der Waals surface area contributed by atoms with Crippen molar-refractivity contribution in [2.24, 2.45) is 0 Å². The fourth-order valence-electron chi connectivity index (χ4n) is 1.23. The van der Waals surface area contributed by atoms with E-state index >= 15 is 0 Å². The fraction of sp³-hybridized carbons (Fsp3) is 0.800. The van der Waals surface area contributed by atoms with Crippen molar-refractivity contribution in [3.05, 3.63) is 0 Å². The number of rotatable bonds is 4. The summed E-state index contributed by atoms with van der Waals surface area (Å²) in [5.74, 6) is -0.998. The van der Waals surface area contributed by atoms with E-state index in [0.29, 0.717) is 13.1 Å². The number of likely N-dealkylation sites (N-methyl/N-ethyl adjacent to an activating group) is 1. The second-order valence-corrected chi connectivity index (χ2v) is 3.91. The molecule has 0 spiro atoms. The van der Waals surface area contributed by atoms with E-state index in [4.69, 9.17) is 5.11 Å². The topological polar surface area (TPSA) is 60.9 Å². The van der Waals surface area contributed by atoms with E-state index in [-0.39, 0.29) is 6.03 Å². The lowest BCUT2D eigenvalue weighted by molar-refractivity contribution is -0.147. The maximum absolute atomic E-state index is 11.8. The monoisotopic (exact) mass is 216 g/mol. The summed E-state index contributed by atoms with van der Waals surface area (Å²) in [4.78, 5) is 25.7. The van der Waals surface area contributed by atoms with Crippen molar-refractivity contribution in [1.82, 2.24) is 9.80 Å². The molecule has 0 fully saturated rings. The number of carboxylic acids is 1. The van der Waals surface area contributed by atoms with Gasteiger partial charge in [0.25, 0.3) is 0 Å². The van der Waals surface area contributed by atoms with Gasteiger partial charge in [0.05, 0.1) is 0 Å². The predicted molar refractivity (Wildman–Crippen MR) is 57.8 cm³/mol. The minimum atomic E-state index is -1.17. The maximum atomic E-state index is 11.8. The van der Waals surface area contributed by atoms with Gasteiger partial charge in [-0.25, -0.2) is 9.59 Å². The molecule has 0 aliphatic heterocycles. The molecule has 1 N–H and O–H groups in total. The highest BCUT2D eigenvalue weighted by Gasteiger charge is 2.37. The van der Waals surface area contributed by atoms with Crippen LogP contribution >= 0.6 is 0 Å². The van der Waals surface area contributed by atoms with Crippen LogP contribution in [-0.2, 0) is 4.79 Å². The number of carboxylic acid groups (broad SMARTS) is 1. The average Bonchev–Trinajstić information content (AvgIpc) is 2.16. The molecule has 5 heteroatoms. The third-order valence-electron chi connectivity index (χ3n) is 2.55. The Bertz CT molecular complexity index is 251. The largest absolute Gasteiger partial charge is 0.480 e. The van der Waals surface area contributed by atoms with Gasteiger partial charge in [0.2, 0.25) is 0 Å². The van der Waals surface area contributed by atoms with E-state index in [0.717, 1.165) is 0 Å². The Kier molecular flexibility index (Phi) is 4.58. The molecule has 0 rings (SSSR count). The molecule has 0 aromatic heterocycles. The number of carbonyl (C=O) groups is 2. The van der Waals surface area contributed by atoms with E-state index in [9.17, 15) is 9.59 Å². The van der Waals surface area contributed by atoms with E-state index in [1.807, 2.05) is 6.92 Å². The molecule has 0 aliphatic carbocycles. The highest BCUT2D eigenvalue weighted by Crippen LogP contribution is 2.16. The summed E-state index contributed by atoms with van der Waals surface area (Å²) in [5.41, 5.74) is -1.17. The number of hydrogen-bond acceptors (Lipinski definition) is 2. The number of aliphatic carboxylic acids is 1. The zero-order valence-electron chi connectivity index (χ0n) is 10.1. The van der Waals surface area contributed by atoms with Crippen LogP contribution in [0.3, 0.4) is 0 Å². The number of amides is 2. The second-order valence-electron chi connectivity index (χ2n) is 3.91. The molecular weight excluding hydrogens is 196 g/mol. The molecule has 0 atom stereocenters. The normalized spacial score (nSPS) is 11.0. The summed E-state index contributed by atoms with van der Waals surface area (Å²) in [6.07, 6.45) is 0. The zero-order chi connectivity index (χ0) is 12.2. The number of nitrogens with zero attached hydrogens (tertiary/aromatic N) is 2. The molecule has 88 valence electrons. The molecule has 0 aliphatic rings. The summed E-state index contributed by atoms with van der Waals surface area (Å²) >= 11 is 0. The molecule has 0 saturated heterocycles. The van der Waals surface area contributed by atoms with Gasteiger partial charge in [-0.05, 0) is 27.7 Å². The zero-order valence-corrected chi connectivity index (χ0v) is 10.1. The first-order valence-electron chi connectivity index (χ1n) is 5.05. The Morgan fingerprint density at radius 2 is 1.67 bits per heavy atom. The van der Waals surface area contributed by atoms with Crippen LogP contribution in [0.1, 0.15) is 27.7 Å². The molecular formula is C10H20N2O3. The highest BCUT2D eigenvalue weighted by molar-refractivity contribution is 5.85. The van der Waals surface area contributed by atoms with Crippen molar-refractivity contribution in [1.29, 1.82) is 0 Å². The van der Waals surface area contributed by atoms with Gasteiger partial charge in [-0.1, -0.05) is 0 Å². The van der Waals surface area contributed by atoms with Crippen molar-refractivity contribution in [3.8, 4) is 0 Å². The van der Waals surface area contributed by atoms with Crippen molar-refractivity contribution >= 4 is 12.0 Å². The second kappa shape index (κ2) is 5.00. The first-order valence-corrected chi connectivity index (χ1v) is 5.05. The first-order chi connectivity index (χ1) is 6.78. The maximum Gasteiger partial charge on any atom is 0.329 e. The van der Waals surface area contributed by atoms with Crippen molar-refractivity contribution < 1.29 is 14.7 Å². The molecule has 0 heterocycles. The molecule has 0 aromatic rings. The molecule has 0 radical (unpaired) electrons. The lowest BCUT2D eigenvalue weighted by atomic mass is 10.0. The Labute approximate surface area is 90.7 Å². The third kappa shape index (κ3) is 2.84. The summed E-state index contributed by atoms with van der Waals surface area (Å²) in [5, 5.41) is 9.03. The Morgan fingerprint density at radius 3 is 1.93 bits per heavy atom. The molecule has 0 aromatic carbocycles. The van der Waals surface area contributed by atoms with Crippen molar-refractivity contribution in [2.45, 2.75) is 33.2 Å². The van der Waals surface area contributed by atoms with Crippen LogP contribution < -0.4 is 0 Å². The van der Waals surface area contributed by atoms with Crippen molar-refractivity contribution in [2.75, 3.05) is 20.1 Å². The van der Waals surface area contributed by atoms with Crippen LogP contribution in [0.5, 0.6) is 0 Å². The lowest BCUT2D eigenvalue weighted by Crippen LogP contribution is -2.56. The van der Waals surface area contributed by atoms with Gasteiger partial charge in [0.1, 0.15) is 5.54 Å². The standard InChI is InChI=1S/C10H20N2O3/c1-6-11(5)9(15)12(7-2)10(3,4)8(13)14/h6-7H2,1-5H3,(H,13,14). The van der Waals surface area contributed by atoms with Crippen LogP contribution in [0, 0.1) is 0 Å². The highest BCUT2D eigenvalue weighted by atomic mass is 16.4. The van der Waals surface area contributed by atoms with Gasteiger partial charge in [-0.2, -0.15) is 0 Å². The number of hydrogen-bond donors (Lipinski definition) is 1. The molecule has 0 bridgehead atoms. The van der Waals surface area contributed by atoms with Crippen LogP contribution in [-0.4, -0.2) is 52.6 Å². The third-order valence-corrected chi connectivity index (χ3v) is 2.55. The molecule has 2 amide bonds. The molecule has 15 heavy (non-hydrogen) atoms. The van der Waals surface area contributed by atoms with Crippen LogP contribution in [0.2, 0.25) is 0 Å². The van der Waals surface area contributed by atoms with Crippen molar-refractivity contribution in [3.63, 3.8) is 0 Å². The quantitative estimate of drug-likeness (QED) is 0.769. The van der Waals surface area contributed by atoms with E-state index < -0.39 is 11.5 Å². The minimum Gasteiger partial charge on any atom is -0.480 e. The Hall–Kier alpha value is -1.26. The van der Waals surface area contributed by atoms with Crippen LogP contribution in [0.4, 0.5) is 4.79 Å². The van der Waals surface area contributed by atoms with Gasteiger partial charge in [0, 0.05) is 20.1 Å². The van der Waals surface area contributed by atoms with Gasteiger partial charge < -0.3 is 14.9 Å². The van der Waals surface area contributed by atoms with Crippen LogP contribution in [0.25, 0.3) is 0 Å². The van der Waals surface area contributed by atoms with E-state index in [1.54, 1.807) is 14.0 Å². The fourth-order valence-corrected chi connectivity index (χ4v) is 1.23. The van der Waals surface area contributed by atoms with Gasteiger partial charge in [-0.3, -0.25) is 0 Å². The van der Waals surface area contributed by atoms with Gasteiger partial charge >= 0.3 is 12.0 Å². The molecule has 5 nitrogen and oxygen atoms in total. The first kappa shape index (κ1) is 13.7. The van der Waals surface area contributed by atoms with E-state index in [1.165, 1.54) is 23.6 Å². The SMILES string of the molecule is CCN(C)C(=O)N(CC)C(C)(C)C(=O)O. The minimum absolute atomic E-state index is 0.257. The molecule has 0 saturated carbocycles. The molecule has 0 unspecified atom stereocenters. The smallest absolute Gasteiger partial charge is 0.329 e. The lowest BCUT2D eigenvalue weighted by Gasteiger charge is -2.36. The van der Waals surface area contributed by atoms with Gasteiger partial charge in [-0.15, -0.1) is 0 Å². The Balaban J connectivity index is 4.91. The number of urea groups is 1. The summed E-state index contributed by atoms with van der Waals surface area (Å²) in [6.45, 7) is 7.61. The summed E-state index contributed by atoms with van der Waals surface area (Å²) < 4.78 is 0. The summed E-state index contributed by atoms with van der Waals surface area (Å²) in [7, 11) is 1.66. The Morgan fingerprint density at radius 1 is 1.20 bits per heavy atom. The van der Waals surface area contributed by atoms with E-state index in [2.05, 4.69) is 0 Å². The predicted octanol–water partition coefficient (Wildman–Crippen LogP) is 1.24. The average molecular weight is 216 g/mol. The number of carbonyl (C=O) groups excluding carboxylic acids is 1. The van der Waals surface area contributed by atoms with Gasteiger partial charge in [0.15, 0.2) is 0 Å². The van der Waals surface area contributed by atoms with Crippen LogP contribution in [0.15, 0.2) is 0 Å².